The van der Waals surface area contributed by atoms with Crippen molar-refractivity contribution in [2.75, 3.05) is 14.1 Å². The largest absolute Gasteiger partial charge is 0.430 e. The zero-order valence-electron chi connectivity index (χ0n) is 7.67. The van der Waals surface area contributed by atoms with E-state index in [0.29, 0.717) is 0 Å². The molecule has 2 aromatic rings. The molecule has 74 valence electrons. The lowest BCUT2D eigenvalue weighted by Crippen LogP contribution is -2.16. The molecule has 1 aromatic carbocycles. The summed E-state index contributed by atoms with van der Waals surface area (Å²) >= 11 is 6.32. The Labute approximate surface area is 113 Å². The number of nitrogens with zero attached hydrogens (tertiary/aromatic N) is 1. The van der Waals surface area contributed by atoms with Crippen molar-refractivity contribution in [3.63, 3.8) is 0 Å². The Balaban J connectivity index is 2.91. The highest BCUT2D eigenvalue weighted by molar-refractivity contribution is 14.1. The standard InChI is InChI=1S/C9H8I2NOS/c1-12(2)9-13-8-6(11)3-5(10)4-7(8)14-9/h3-4H,1-2H3/q+1. The highest BCUT2D eigenvalue weighted by Crippen LogP contribution is 2.25. The predicted molar refractivity (Wildman–Crippen MR) is 76.6 cm³/mol. The van der Waals surface area contributed by atoms with E-state index in [1.807, 2.05) is 18.7 Å². The van der Waals surface area contributed by atoms with Crippen molar-refractivity contribution in [2.24, 2.45) is 0 Å². The number of hydrogen-bond acceptors (Lipinski definition) is 2. The van der Waals surface area contributed by atoms with Gasteiger partial charge in [-0.2, -0.15) is 4.58 Å². The minimum atomic E-state index is 0.944. The summed E-state index contributed by atoms with van der Waals surface area (Å²) in [7, 11) is 3.98. The molecule has 0 amide bonds. The lowest BCUT2D eigenvalue weighted by atomic mass is 10.3. The lowest BCUT2D eigenvalue weighted by Gasteiger charge is -1.91. The van der Waals surface area contributed by atoms with Gasteiger partial charge in [0.2, 0.25) is 0 Å². The van der Waals surface area contributed by atoms with Crippen LogP contribution in [0.4, 0.5) is 0 Å². The Hall–Kier alpha value is 0.370. The molecule has 1 aromatic heterocycles. The SMILES string of the molecule is C[N+](C)=c1oc2c(I)cc(I)cc2s1. The molecule has 0 saturated carbocycles. The zero-order valence-corrected chi connectivity index (χ0v) is 12.8. The lowest BCUT2D eigenvalue weighted by molar-refractivity contribution is 0.518. The van der Waals surface area contributed by atoms with Crippen LogP contribution in [0.1, 0.15) is 0 Å². The molecule has 5 heteroatoms. The third kappa shape index (κ3) is 1.99. The van der Waals surface area contributed by atoms with Crippen molar-refractivity contribution in [3.05, 3.63) is 24.1 Å². The van der Waals surface area contributed by atoms with Gasteiger partial charge in [0, 0.05) is 3.57 Å². The third-order valence-electron chi connectivity index (χ3n) is 1.73. The molecule has 14 heavy (non-hydrogen) atoms. The Bertz CT molecular complexity index is 551. The molecule has 1 heterocycles. The zero-order chi connectivity index (χ0) is 10.3. The molecule has 0 unspecified atom stereocenters. The van der Waals surface area contributed by atoms with Crippen LogP contribution in [0.2, 0.25) is 0 Å². The van der Waals surface area contributed by atoms with Crippen LogP contribution < -0.4 is 9.44 Å². The van der Waals surface area contributed by atoms with E-state index in [1.165, 1.54) is 11.8 Å². The highest BCUT2D eigenvalue weighted by Gasteiger charge is 2.09. The summed E-state index contributed by atoms with van der Waals surface area (Å²) in [5.41, 5.74) is 1.000. The fourth-order valence-electron chi connectivity index (χ4n) is 1.10. The molecule has 0 aliphatic carbocycles. The van der Waals surface area contributed by atoms with Crippen molar-refractivity contribution < 1.29 is 4.42 Å². The van der Waals surface area contributed by atoms with Crippen molar-refractivity contribution in [2.45, 2.75) is 0 Å². The van der Waals surface area contributed by atoms with Gasteiger partial charge in [0.15, 0.2) is 5.58 Å². The maximum Gasteiger partial charge on any atom is 0.430 e. The van der Waals surface area contributed by atoms with Crippen LogP contribution in [0.15, 0.2) is 16.5 Å². The van der Waals surface area contributed by atoms with Gasteiger partial charge in [-0.25, -0.2) is 0 Å². The smallest absolute Gasteiger partial charge is 0.394 e. The van der Waals surface area contributed by atoms with Gasteiger partial charge in [-0.1, -0.05) is 0 Å². The van der Waals surface area contributed by atoms with Gasteiger partial charge < -0.3 is 4.42 Å². The summed E-state index contributed by atoms with van der Waals surface area (Å²) in [6.45, 7) is 0. The first-order chi connectivity index (χ1) is 6.58. The van der Waals surface area contributed by atoms with Gasteiger partial charge in [0.25, 0.3) is 0 Å². The predicted octanol–water partition coefficient (Wildman–Crippen LogP) is 2.74. The summed E-state index contributed by atoms with van der Waals surface area (Å²) < 4.78 is 11.4. The molecule has 0 aliphatic rings. The minimum absolute atomic E-state index is 0.944. The Morgan fingerprint density at radius 3 is 2.64 bits per heavy atom. The van der Waals surface area contributed by atoms with Gasteiger partial charge in [-0.3, -0.25) is 0 Å². The molecule has 0 N–H and O–H groups in total. The second-order valence-corrected chi connectivity index (χ2v) is 6.48. The Morgan fingerprint density at radius 1 is 1.29 bits per heavy atom. The van der Waals surface area contributed by atoms with Crippen LogP contribution in [0.25, 0.3) is 10.3 Å². The number of halogens is 2. The van der Waals surface area contributed by atoms with E-state index >= 15 is 0 Å². The van der Waals surface area contributed by atoms with E-state index in [-0.39, 0.29) is 0 Å². The molecule has 0 saturated heterocycles. The van der Waals surface area contributed by atoms with Crippen molar-refractivity contribution in [1.82, 2.24) is 4.58 Å². The van der Waals surface area contributed by atoms with Crippen molar-refractivity contribution in [3.8, 4) is 0 Å². The summed E-state index contributed by atoms with van der Waals surface area (Å²) in [5, 5.41) is 0. The van der Waals surface area contributed by atoms with E-state index in [4.69, 9.17) is 4.42 Å². The molecule has 0 spiro atoms. The van der Waals surface area contributed by atoms with Crippen LogP contribution in [-0.2, 0) is 0 Å². The van der Waals surface area contributed by atoms with E-state index in [2.05, 4.69) is 57.3 Å². The summed E-state index contributed by atoms with van der Waals surface area (Å²) in [5.74, 6) is 0. The molecule has 0 atom stereocenters. The monoisotopic (exact) mass is 432 g/mol. The van der Waals surface area contributed by atoms with Crippen LogP contribution in [0.5, 0.6) is 0 Å². The summed E-state index contributed by atoms with van der Waals surface area (Å²) in [4.78, 5) is 0.944. The average Bonchev–Trinajstić information content (AvgIpc) is 2.47. The van der Waals surface area contributed by atoms with E-state index in [0.717, 1.165) is 10.5 Å². The molecular formula is C9H8I2NOS+. The quantitative estimate of drug-likeness (QED) is 0.462. The topological polar surface area (TPSA) is 16.1 Å². The van der Waals surface area contributed by atoms with Gasteiger partial charge in [0.05, 0.1) is 8.27 Å². The van der Waals surface area contributed by atoms with Crippen LogP contribution in [0.3, 0.4) is 0 Å². The fourth-order valence-corrected chi connectivity index (χ4v) is 4.37. The van der Waals surface area contributed by atoms with Gasteiger partial charge in [-0.15, -0.1) is 0 Å². The average molecular weight is 432 g/mol. The van der Waals surface area contributed by atoms with Crippen LogP contribution in [-0.4, -0.2) is 14.1 Å². The van der Waals surface area contributed by atoms with Crippen LogP contribution in [0, 0.1) is 7.14 Å². The van der Waals surface area contributed by atoms with E-state index in [9.17, 15) is 0 Å². The normalized spacial score (nSPS) is 10.9. The second-order valence-electron chi connectivity index (χ2n) is 3.08. The molecule has 2 rings (SSSR count). The van der Waals surface area contributed by atoms with Gasteiger partial charge >= 0.3 is 4.87 Å². The molecular weight excluding hydrogens is 424 g/mol. The second kappa shape index (κ2) is 4.09. The van der Waals surface area contributed by atoms with Gasteiger partial charge in [-0.05, 0) is 68.7 Å². The first kappa shape index (κ1) is 10.9. The number of hydrogen-bond donors (Lipinski definition) is 0. The maximum atomic E-state index is 5.75. The molecule has 0 fully saturated rings. The number of benzene rings is 1. The molecule has 0 aliphatic heterocycles. The first-order valence-electron chi connectivity index (χ1n) is 3.97. The summed E-state index contributed by atoms with van der Waals surface area (Å²) in [6, 6.07) is 4.28. The first-order valence-corrected chi connectivity index (χ1v) is 6.94. The Kier molecular flexibility index (Phi) is 3.18. The summed E-state index contributed by atoms with van der Waals surface area (Å²) in [6.07, 6.45) is 0. The highest BCUT2D eigenvalue weighted by atomic mass is 127. The number of rotatable bonds is 0. The van der Waals surface area contributed by atoms with E-state index < -0.39 is 0 Å². The molecule has 0 bridgehead atoms. The maximum absolute atomic E-state index is 5.75. The number of fused-ring (bicyclic) bond motifs is 1. The van der Waals surface area contributed by atoms with E-state index in [1.54, 1.807) is 11.3 Å². The van der Waals surface area contributed by atoms with Crippen molar-refractivity contribution >= 4 is 66.8 Å². The van der Waals surface area contributed by atoms with Crippen molar-refractivity contribution in [1.29, 1.82) is 0 Å². The fraction of sp³-hybridized carbons (Fsp3) is 0.222. The van der Waals surface area contributed by atoms with Crippen LogP contribution >= 0.6 is 56.5 Å². The minimum Gasteiger partial charge on any atom is -0.394 e. The Morgan fingerprint density at radius 2 is 2.00 bits per heavy atom. The van der Waals surface area contributed by atoms with Gasteiger partial charge in [0.1, 0.15) is 14.1 Å². The molecule has 0 radical (unpaired) electrons. The third-order valence-corrected chi connectivity index (χ3v) is 4.30. The molecule has 2 nitrogen and oxygen atoms in total.